The molecule has 152 valence electrons. The van der Waals surface area contributed by atoms with Gasteiger partial charge in [-0.1, -0.05) is 23.7 Å². The van der Waals surface area contributed by atoms with Crippen molar-refractivity contribution in [3.8, 4) is 23.6 Å². The maximum Gasteiger partial charge on any atom is 0.172 e. The van der Waals surface area contributed by atoms with Gasteiger partial charge in [0.1, 0.15) is 11.4 Å². The van der Waals surface area contributed by atoms with Crippen LogP contribution in [0.15, 0.2) is 42.5 Å². The highest BCUT2D eigenvalue weighted by Crippen LogP contribution is 2.30. The van der Waals surface area contributed by atoms with Crippen LogP contribution in [0.1, 0.15) is 28.1 Å². The number of nitriles is 2. The normalized spacial score (nSPS) is 11.5. The van der Waals surface area contributed by atoms with E-state index in [1.807, 2.05) is 25.1 Å². The maximum atomic E-state index is 9.74. The Kier molecular flexibility index (Phi) is 7.05. The molecule has 0 fully saturated rings. The predicted octanol–water partition coefficient (Wildman–Crippen LogP) is 3.60. The number of ether oxygens (including phenoxy) is 1. The van der Waals surface area contributed by atoms with Crippen LogP contribution in [0.25, 0.3) is 0 Å². The van der Waals surface area contributed by atoms with E-state index in [2.05, 4.69) is 21.6 Å². The highest BCUT2D eigenvalue weighted by molar-refractivity contribution is 6.30. The molecule has 0 aliphatic heterocycles. The fourth-order valence-corrected chi connectivity index (χ4v) is 3.20. The summed E-state index contributed by atoms with van der Waals surface area (Å²) in [5.74, 6) is 0.991. The van der Waals surface area contributed by atoms with Crippen LogP contribution in [0.3, 0.4) is 0 Å². The van der Waals surface area contributed by atoms with Crippen LogP contribution in [-0.2, 0) is 13.0 Å². The summed E-state index contributed by atoms with van der Waals surface area (Å²) in [6.07, 6.45) is 0.599. The number of benzene rings is 2. The third kappa shape index (κ3) is 5.37. The first kappa shape index (κ1) is 21.4. The minimum Gasteiger partial charge on any atom is -0.453 e. The Bertz CT molecular complexity index is 1100. The van der Waals surface area contributed by atoms with Crippen molar-refractivity contribution >= 4 is 11.6 Å². The summed E-state index contributed by atoms with van der Waals surface area (Å²) < 4.78 is 5.95. The number of hydrogen-bond acceptors (Lipinski definition) is 6. The van der Waals surface area contributed by atoms with Gasteiger partial charge in [-0.05, 0) is 49.2 Å². The molecule has 0 aliphatic carbocycles. The van der Waals surface area contributed by atoms with Crippen molar-refractivity contribution < 1.29 is 9.84 Å². The summed E-state index contributed by atoms with van der Waals surface area (Å²) in [6.45, 7) is 2.15. The van der Waals surface area contributed by atoms with Crippen molar-refractivity contribution in [1.82, 2.24) is 15.5 Å². The number of hydrogen-bond donors (Lipinski definition) is 3. The molecule has 0 radical (unpaired) electrons. The van der Waals surface area contributed by atoms with Gasteiger partial charge >= 0.3 is 0 Å². The molecule has 0 amide bonds. The fraction of sp³-hybridized carbons (Fsp3) is 0.227. The Hall–Kier alpha value is -3.36. The van der Waals surface area contributed by atoms with E-state index >= 15 is 0 Å². The van der Waals surface area contributed by atoms with Gasteiger partial charge in [-0.15, -0.1) is 0 Å². The summed E-state index contributed by atoms with van der Waals surface area (Å²) in [5.41, 5.74) is 3.39. The molecule has 1 aromatic heterocycles. The van der Waals surface area contributed by atoms with E-state index in [-0.39, 0.29) is 12.6 Å². The van der Waals surface area contributed by atoms with Crippen LogP contribution in [0.4, 0.5) is 0 Å². The van der Waals surface area contributed by atoms with E-state index in [1.54, 1.807) is 30.3 Å². The van der Waals surface area contributed by atoms with Gasteiger partial charge in [0.05, 0.1) is 35.6 Å². The van der Waals surface area contributed by atoms with Crippen molar-refractivity contribution in [2.24, 2.45) is 0 Å². The largest absolute Gasteiger partial charge is 0.453 e. The van der Waals surface area contributed by atoms with Crippen LogP contribution in [0.2, 0.25) is 5.02 Å². The van der Waals surface area contributed by atoms with Gasteiger partial charge in [-0.25, -0.2) is 0 Å². The number of aliphatic hydroxyl groups excluding tert-OH is 1. The molecule has 1 unspecified atom stereocenters. The molecule has 0 bridgehead atoms. The summed E-state index contributed by atoms with van der Waals surface area (Å²) in [6, 6.07) is 16.0. The average molecular weight is 422 g/mol. The third-order valence-corrected chi connectivity index (χ3v) is 4.74. The van der Waals surface area contributed by atoms with E-state index in [9.17, 15) is 5.11 Å². The van der Waals surface area contributed by atoms with Gasteiger partial charge in [0, 0.05) is 17.6 Å². The Morgan fingerprint density at radius 2 is 1.90 bits per heavy atom. The lowest BCUT2D eigenvalue weighted by Crippen LogP contribution is -2.34. The Balaban J connectivity index is 1.69. The first-order valence-corrected chi connectivity index (χ1v) is 9.66. The van der Waals surface area contributed by atoms with Crippen molar-refractivity contribution in [2.45, 2.75) is 25.9 Å². The SMILES string of the molecule is Cc1[nH]nc(CNC(CO)Cc2ccc(C#N)cc2)c1Oc1cc(Cl)cc(C#N)c1. The van der Waals surface area contributed by atoms with Crippen molar-refractivity contribution in [1.29, 1.82) is 10.5 Å². The number of aliphatic hydroxyl groups is 1. The van der Waals surface area contributed by atoms with E-state index in [4.69, 9.17) is 26.9 Å². The number of aromatic nitrogens is 2. The van der Waals surface area contributed by atoms with Crippen LogP contribution < -0.4 is 10.1 Å². The molecular weight excluding hydrogens is 402 g/mol. The molecule has 1 atom stereocenters. The summed E-state index contributed by atoms with van der Waals surface area (Å²) in [5, 5.41) is 38.6. The molecule has 0 aliphatic rings. The zero-order valence-electron chi connectivity index (χ0n) is 16.3. The smallest absolute Gasteiger partial charge is 0.172 e. The number of nitrogens with one attached hydrogen (secondary N) is 2. The number of nitrogens with zero attached hydrogens (tertiary/aromatic N) is 3. The lowest BCUT2D eigenvalue weighted by Gasteiger charge is -2.16. The van der Waals surface area contributed by atoms with E-state index < -0.39 is 0 Å². The van der Waals surface area contributed by atoms with Crippen LogP contribution in [0.5, 0.6) is 11.5 Å². The first-order valence-electron chi connectivity index (χ1n) is 9.28. The molecule has 8 heteroatoms. The molecule has 0 spiro atoms. The first-order chi connectivity index (χ1) is 14.5. The molecule has 2 aromatic carbocycles. The quantitative estimate of drug-likeness (QED) is 0.511. The highest BCUT2D eigenvalue weighted by atomic mass is 35.5. The Morgan fingerprint density at radius 1 is 1.17 bits per heavy atom. The molecule has 30 heavy (non-hydrogen) atoms. The van der Waals surface area contributed by atoms with Crippen LogP contribution in [-0.4, -0.2) is 28.0 Å². The second kappa shape index (κ2) is 9.91. The standard InChI is InChI=1S/C22H20ClN5O2/c1-14-22(30-20-8-17(11-25)6-18(23)9-20)21(28-27-14)12-26-19(13-29)7-15-2-4-16(10-24)5-3-15/h2-6,8-9,19,26,29H,7,12-13H2,1H3,(H,27,28). The fourth-order valence-electron chi connectivity index (χ4n) is 2.97. The van der Waals surface area contributed by atoms with Gasteiger partial charge in [0.25, 0.3) is 0 Å². The number of H-pyrrole nitrogens is 1. The molecule has 1 heterocycles. The van der Waals surface area contributed by atoms with Crippen LogP contribution >= 0.6 is 11.6 Å². The molecule has 3 aromatic rings. The van der Waals surface area contributed by atoms with Crippen molar-refractivity contribution in [3.63, 3.8) is 0 Å². The molecule has 0 saturated carbocycles. The highest BCUT2D eigenvalue weighted by Gasteiger charge is 2.16. The van der Waals surface area contributed by atoms with Gasteiger partial charge in [-0.3, -0.25) is 5.10 Å². The minimum absolute atomic E-state index is 0.0561. The number of aryl methyl sites for hydroxylation is 1. The third-order valence-electron chi connectivity index (χ3n) is 4.53. The zero-order chi connectivity index (χ0) is 21.5. The number of halogens is 1. The number of rotatable bonds is 8. The number of aromatic amines is 1. The Morgan fingerprint density at radius 3 is 2.57 bits per heavy atom. The van der Waals surface area contributed by atoms with Crippen molar-refractivity contribution in [3.05, 3.63) is 75.6 Å². The minimum atomic E-state index is -0.195. The molecule has 3 rings (SSSR count). The van der Waals surface area contributed by atoms with Gasteiger partial charge in [-0.2, -0.15) is 15.6 Å². The van der Waals surface area contributed by atoms with E-state index in [1.165, 1.54) is 0 Å². The van der Waals surface area contributed by atoms with E-state index in [0.29, 0.717) is 46.3 Å². The monoisotopic (exact) mass is 421 g/mol. The summed E-state index contributed by atoms with van der Waals surface area (Å²) in [4.78, 5) is 0. The molecular formula is C22H20ClN5O2. The average Bonchev–Trinajstić information content (AvgIpc) is 3.10. The second-order valence-corrected chi connectivity index (χ2v) is 7.22. The predicted molar refractivity (Wildman–Crippen MR) is 112 cm³/mol. The molecule has 3 N–H and O–H groups in total. The topological polar surface area (TPSA) is 118 Å². The van der Waals surface area contributed by atoms with Crippen molar-refractivity contribution in [2.75, 3.05) is 6.61 Å². The van der Waals surface area contributed by atoms with E-state index in [0.717, 1.165) is 11.3 Å². The molecule has 7 nitrogen and oxygen atoms in total. The summed E-state index contributed by atoms with van der Waals surface area (Å²) >= 11 is 6.05. The lowest BCUT2D eigenvalue weighted by molar-refractivity contribution is 0.240. The Labute approximate surface area is 179 Å². The van der Waals surface area contributed by atoms with Gasteiger partial charge in [0.15, 0.2) is 5.75 Å². The zero-order valence-corrected chi connectivity index (χ0v) is 17.1. The lowest BCUT2D eigenvalue weighted by atomic mass is 10.0. The second-order valence-electron chi connectivity index (χ2n) is 6.79. The maximum absolute atomic E-state index is 9.74. The summed E-state index contributed by atoms with van der Waals surface area (Å²) in [7, 11) is 0. The molecule has 0 saturated heterocycles. The van der Waals surface area contributed by atoms with Gasteiger partial charge < -0.3 is 15.2 Å². The van der Waals surface area contributed by atoms with Crippen LogP contribution in [0, 0.1) is 29.6 Å². The van der Waals surface area contributed by atoms with Gasteiger partial charge in [0.2, 0.25) is 0 Å².